The summed E-state index contributed by atoms with van der Waals surface area (Å²) in [7, 11) is 0. The number of nitrogens with one attached hydrogen (secondary N) is 2. The largest absolute Gasteiger partial charge is 0.388 e. The molecule has 2 aromatic rings. The maximum absolute atomic E-state index is 6.28. The van der Waals surface area contributed by atoms with Crippen molar-refractivity contribution < 1.29 is 0 Å². The molecular formula is C10H14N4. The molecule has 0 saturated heterocycles. The zero-order valence-corrected chi connectivity index (χ0v) is 8.04. The van der Waals surface area contributed by atoms with E-state index in [1.54, 1.807) is 0 Å². The third kappa shape index (κ3) is 2.82. The van der Waals surface area contributed by atoms with Gasteiger partial charge in [-0.3, -0.25) is 5.41 Å². The van der Waals surface area contributed by atoms with Gasteiger partial charge in [0.05, 0.1) is 5.84 Å². The highest BCUT2D eigenvalue weighted by Gasteiger charge is 1.92. The van der Waals surface area contributed by atoms with E-state index in [1.165, 1.54) is 12.3 Å². The number of aromatic nitrogens is 1. The molecule has 0 aliphatic heterocycles. The van der Waals surface area contributed by atoms with Crippen LogP contribution in [0.2, 0.25) is 0 Å². The molecule has 0 fully saturated rings. The average Bonchev–Trinajstić information content (AvgIpc) is 2.42. The van der Waals surface area contributed by atoms with Crippen LogP contribution in [-0.4, -0.2) is 10.8 Å². The molecule has 0 radical (unpaired) electrons. The number of hydrogen-bond acceptors (Lipinski definition) is 2. The molecule has 74 valence electrons. The van der Waals surface area contributed by atoms with Gasteiger partial charge in [-0.2, -0.15) is 0 Å². The van der Waals surface area contributed by atoms with Crippen molar-refractivity contribution >= 4 is 22.6 Å². The first-order valence-electron chi connectivity index (χ1n) is 4.23. The fourth-order valence-corrected chi connectivity index (χ4v) is 1.10. The molecule has 14 heavy (non-hydrogen) atoms. The lowest BCUT2D eigenvalue weighted by molar-refractivity contribution is 1.42. The standard InChI is InChI=1S/C8H8N2.C2H6N2/c9-8-5-6-3-1-2-4-7(6)10-8;1-2(3)4/h1-5,10H,9H2;1H3,(H3,3,4). The SMILES string of the molecule is CC(=N)N.Nc1cc2ccccc2[nH]1. The number of nitrogens with two attached hydrogens (primary N) is 2. The number of H-pyrrole nitrogens is 1. The van der Waals surface area contributed by atoms with E-state index >= 15 is 0 Å². The van der Waals surface area contributed by atoms with E-state index in [0.717, 1.165) is 11.3 Å². The van der Waals surface area contributed by atoms with Crippen LogP contribution in [0.1, 0.15) is 6.92 Å². The summed E-state index contributed by atoms with van der Waals surface area (Å²) in [5, 5.41) is 7.44. The lowest BCUT2D eigenvalue weighted by Gasteiger charge is -1.83. The molecular weight excluding hydrogens is 176 g/mol. The predicted molar refractivity (Wildman–Crippen MR) is 60.3 cm³/mol. The zero-order valence-electron chi connectivity index (χ0n) is 8.04. The monoisotopic (exact) mass is 190 g/mol. The number of hydrogen-bond donors (Lipinski definition) is 4. The van der Waals surface area contributed by atoms with E-state index in [9.17, 15) is 0 Å². The van der Waals surface area contributed by atoms with Gasteiger partial charge in [-0.1, -0.05) is 18.2 Å². The van der Waals surface area contributed by atoms with Crippen molar-refractivity contribution in [3.63, 3.8) is 0 Å². The van der Waals surface area contributed by atoms with E-state index in [0.29, 0.717) is 0 Å². The molecule has 0 saturated carbocycles. The minimum Gasteiger partial charge on any atom is -0.388 e. The van der Waals surface area contributed by atoms with Gasteiger partial charge in [-0.05, 0) is 19.1 Å². The van der Waals surface area contributed by atoms with Crippen molar-refractivity contribution in [2.24, 2.45) is 5.73 Å². The van der Waals surface area contributed by atoms with Crippen molar-refractivity contribution in [1.82, 2.24) is 4.98 Å². The first-order chi connectivity index (χ1) is 6.59. The summed E-state index contributed by atoms with van der Waals surface area (Å²) in [6, 6.07) is 9.94. The molecule has 1 heterocycles. The second-order valence-electron chi connectivity index (χ2n) is 2.99. The van der Waals surface area contributed by atoms with Crippen molar-refractivity contribution in [2.75, 3.05) is 5.73 Å². The Balaban J connectivity index is 0.000000213. The number of nitrogen functional groups attached to an aromatic ring is 1. The van der Waals surface area contributed by atoms with Gasteiger partial charge >= 0.3 is 0 Å². The Kier molecular flexibility index (Phi) is 3.12. The lowest BCUT2D eigenvalue weighted by Crippen LogP contribution is -2.00. The molecule has 6 N–H and O–H groups in total. The van der Waals surface area contributed by atoms with Crippen LogP contribution >= 0.6 is 0 Å². The summed E-state index contributed by atoms with van der Waals surface area (Å²) in [6.45, 7) is 1.53. The molecule has 1 aromatic heterocycles. The van der Waals surface area contributed by atoms with Crippen LogP contribution in [0.3, 0.4) is 0 Å². The Morgan fingerprint density at radius 1 is 1.36 bits per heavy atom. The quantitative estimate of drug-likeness (QED) is 0.376. The molecule has 1 aromatic carbocycles. The molecule has 0 atom stereocenters. The van der Waals surface area contributed by atoms with Gasteiger partial charge in [0.25, 0.3) is 0 Å². The van der Waals surface area contributed by atoms with Crippen LogP contribution in [0.15, 0.2) is 30.3 Å². The van der Waals surface area contributed by atoms with Gasteiger partial charge in [0.1, 0.15) is 5.82 Å². The minimum absolute atomic E-state index is 0.167. The second-order valence-corrected chi connectivity index (χ2v) is 2.99. The Hall–Kier alpha value is -1.97. The lowest BCUT2D eigenvalue weighted by atomic mass is 10.3. The van der Waals surface area contributed by atoms with Gasteiger partial charge in [0.15, 0.2) is 0 Å². The summed E-state index contributed by atoms with van der Waals surface area (Å²) in [6.07, 6.45) is 0. The maximum atomic E-state index is 6.28. The molecule has 2 rings (SSSR count). The highest BCUT2D eigenvalue weighted by atomic mass is 14.8. The van der Waals surface area contributed by atoms with Crippen LogP contribution in [0.5, 0.6) is 0 Å². The molecule has 0 amide bonds. The number of anilines is 1. The summed E-state index contributed by atoms with van der Waals surface area (Å²) < 4.78 is 0. The number of fused-ring (bicyclic) bond motifs is 1. The van der Waals surface area contributed by atoms with Gasteiger partial charge in [0, 0.05) is 10.9 Å². The van der Waals surface area contributed by atoms with E-state index in [-0.39, 0.29) is 5.84 Å². The third-order valence-corrected chi connectivity index (χ3v) is 1.55. The topological polar surface area (TPSA) is 91.7 Å². The number of amidine groups is 1. The Morgan fingerprint density at radius 2 is 1.93 bits per heavy atom. The number of para-hydroxylation sites is 1. The summed E-state index contributed by atoms with van der Waals surface area (Å²) >= 11 is 0. The summed E-state index contributed by atoms with van der Waals surface area (Å²) in [5.74, 6) is 0.890. The summed E-state index contributed by atoms with van der Waals surface area (Å²) in [4.78, 5) is 3.04. The molecule has 4 heteroatoms. The molecule has 0 spiro atoms. The van der Waals surface area contributed by atoms with E-state index in [2.05, 4.69) is 4.98 Å². The van der Waals surface area contributed by atoms with Crippen molar-refractivity contribution in [1.29, 1.82) is 5.41 Å². The highest BCUT2D eigenvalue weighted by Crippen LogP contribution is 2.14. The van der Waals surface area contributed by atoms with Crippen molar-refractivity contribution in [2.45, 2.75) is 6.92 Å². The fraction of sp³-hybridized carbons (Fsp3) is 0.100. The van der Waals surface area contributed by atoms with Crippen LogP contribution in [0.4, 0.5) is 5.82 Å². The van der Waals surface area contributed by atoms with E-state index in [1.807, 2.05) is 30.3 Å². The second kappa shape index (κ2) is 4.32. The number of benzene rings is 1. The van der Waals surface area contributed by atoms with Gasteiger partial charge in [-0.15, -0.1) is 0 Å². The first kappa shape index (κ1) is 10.1. The third-order valence-electron chi connectivity index (χ3n) is 1.55. The van der Waals surface area contributed by atoms with Gasteiger partial charge in [-0.25, -0.2) is 0 Å². The van der Waals surface area contributed by atoms with Gasteiger partial charge < -0.3 is 16.5 Å². The van der Waals surface area contributed by atoms with E-state index < -0.39 is 0 Å². The van der Waals surface area contributed by atoms with Crippen LogP contribution in [0.25, 0.3) is 10.9 Å². The minimum atomic E-state index is 0.167. The Bertz CT molecular complexity index is 393. The maximum Gasteiger partial charge on any atom is 0.101 e. The molecule has 0 aliphatic rings. The van der Waals surface area contributed by atoms with E-state index in [4.69, 9.17) is 16.9 Å². The predicted octanol–water partition coefficient (Wildman–Crippen LogP) is 1.69. The summed E-state index contributed by atoms with van der Waals surface area (Å²) in [5.41, 5.74) is 11.3. The normalized spacial score (nSPS) is 9.21. The smallest absolute Gasteiger partial charge is 0.101 e. The molecule has 4 nitrogen and oxygen atoms in total. The van der Waals surface area contributed by atoms with Crippen LogP contribution in [0, 0.1) is 5.41 Å². The molecule has 0 aliphatic carbocycles. The molecule has 0 bridgehead atoms. The molecule has 0 unspecified atom stereocenters. The Morgan fingerprint density at radius 3 is 2.50 bits per heavy atom. The van der Waals surface area contributed by atoms with Crippen LogP contribution in [-0.2, 0) is 0 Å². The first-order valence-corrected chi connectivity index (χ1v) is 4.23. The van der Waals surface area contributed by atoms with Crippen molar-refractivity contribution in [3.05, 3.63) is 30.3 Å². The number of rotatable bonds is 0. The van der Waals surface area contributed by atoms with Crippen LogP contribution < -0.4 is 11.5 Å². The Labute approximate surface area is 82.4 Å². The van der Waals surface area contributed by atoms with Gasteiger partial charge in [0.2, 0.25) is 0 Å². The van der Waals surface area contributed by atoms with Crippen molar-refractivity contribution in [3.8, 4) is 0 Å². The average molecular weight is 190 g/mol. The zero-order chi connectivity index (χ0) is 10.6. The highest BCUT2D eigenvalue weighted by molar-refractivity contribution is 5.83. The fourth-order valence-electron chi connectivity index (χ4n) is 1.10. The number of aromatic amines is 1.